The van der Waals surface area contributed by atoms with Crippen LogP contribution in [-0.4, -0.2) is 31.1 Å². The summed E-state index contributed by atoms with van der Waals surface area (Å²) in [7, 11) is 0. The molecule has 2 unspecified atom stereocenters. The number of anilines is 1. The van der Waals surface area contributed by atoms with E-state index >= 15 is 0 Å². The summed E-state index contributed by atoms with van der Waals surface area (Å²) in [6, 6.07) is 6.60. The molecule has 1 aromatic carbocycles. The van der Waals surface area contributed by atoms with Crippen molar-refractivity contribution in [2.75, 3.05) is 31.5 Å². The molecule has 0 spiro atoms. The van der Waals surface area contributed by atoms with Crippen molar-refractivity contribution in [2.24, 2.45) is 11.8 Å². The summed E-state index contributed by atoms with van der Waals surface area (Å²) in [6.45, 7) is 4.63. The topological polar surface area (TPSA) is 15.3 Å². The Morgan fingerprint density at radius 2 is 1.78 bits per heavy atom. The van der Waals surface area contributed by atoms with Gasteiger partial charge in [-0.15, -0.1) is 0 Å². The van der Waals surface area contributed by atoms with Crippen LogP contribution in [0.15, 0.2) is 24.3 Å². The van der Waals surface area contributed by atoms with E-state index in [0.717, 1.165) is 30.6 Å². The molecule has 0 bridgehead atoms. The first-order valence-corrected chi connectivity index (χ1v) is 7.03. The Morgan fingerprint density at radius 1 is 1.11 bits per heavy atom. The van der Waals surface area contributed by atoms with E-state index in [-0.39, 0.29) is 5.82 Å². The van der Waals surface area contributed by atoms with Crippen LogP contribution in [-0.2, 0) is 0 Å². The van der Waals surface area contributed by atoms with Gasteiger partial charge in [0.25, 0.3) is 0 Å². The molecular formula is C15H21FN2. The molecule has 3 heteroatoms. The Hall–Kier alpha value is -1.09. The summed E-state index contributed by atoms with van der Waals surface area (Å²) in [5.41, 5.74) is 1.01. The summed E-state index contributed by atoms with van der Waals surface area (Å²) in [4.78, 5) is 2.57. The number of halogens is 1. The minimum Gasteiger partial charge on any atom is -0.384 e. The van der Waals surface area contributed by atoms with Crippen molar-refractivity contribution in [3.63, 3.8) is 0 Å². The molecule has 18 heavy (non-hydrogen) atoms. The Balaban J connectivity index is 1.41. The third-order valence-electron chi connectivity index (χ3n) is 4.40. The molecule has 1 saturated carbocycles. The molecule has 0 radical (unpaired) electrons. The summed E-state index contributed by atoms with van der Waals surface area (Å²) in [5.74, 6) is 1.76. The van der Waals surface area contributed by atoms with E-state index in [0.29, 0.717) is 0 Å². The SMILES string of the molecule is Fc1ccc(NCCN2CC3CCCC3C2)cc1. The minimum atomic E-state index is -0.173. The normalized spacial score (nSPS) is 27.4. The molecule has 2 fully saturated rings. The molecule has 2 nitrogen and oxygen atoms in total. The molecule has 0 aromatic heterocycles. The molecule has 98 valence electrons. The molecule has 1 saturated heterocycles. The maximum Gasteiger partial charge on any atom is 0.123 e. The number of nitrogens with one attached hydrogen (secondary N) is 1. The van der Waals surface area contributed by atoms with Crippen LogP contribution in [0.3, 0.4) is 0 Å². The van der Waals surface area contributed by atoms with Crippen LogP contribution in [0, 0.1) is 17.7 Å². The van der Waals surface area contributed by atoms with Gasteiger partial charge in [0, 0.05) is 31.9 Å². The fraction of sp³-hybridized carbons (Fsp3) is 0.600. The van der Waals surface area contributed by atoms with Crippen molar-refractivity contribution in [3.8, 4) is 0 Å². The zero-order valence-electron chi connectivity index (χ0n) is 10.7. The molecular weight excluding hydrogens is 227 g/mol. The highest BCUT2D eigenvalue weighted by Crippen LogP contribution is 2.37. The number of hydrogen-bond acceptors (Lipinski definition) is 2. The van der Waals surface area contributed by atoms with Crippen molar-refractivity contribution in [3.05, 3.63) is 30.1 Å². The van der Waals surface area contributed by atoms with E-state index in [2.05, 4.69) is 10.2 Å². The summed E-state index contributed by atoms with van der Waals surface area (Å²) >= 11 is 0. The van der Waals surface area contributed by atoms with Crippen molar-refractivity contribution >= 4 is 5.69 Å². The predicted octanol–water partition coefficient (Wildman–Crippen LogP) is 2.97. The first-order chi connectivity index (χ1) is 8.81. The Morgan fingerprint density at radius 3 is 2.44 bits per heavy atom. The first-order valence-electron chi connectivity index (χ1n) is 7.03. The highest BCUT2D eigenvalue weighted by molar-refractivity contribution is 5.42. The average Bonchev–Trinajstić information content (AvgIpc) is 2.92. The second kappa shape index (κ2) is 5.27. The van der Waals surface area contributed by atoms with Gasteiger partial charge in [-0.05, 0) is 48.9 Å². The number of rotatable bonds is 4. The van der Waals surface area contributed by atoms with Crippen molar-refractivity contribution in [2.45, 2.75) is 19.3 Å². The summed E-state index contributed by atoms with van der Waals surface area (Å²) in [5, 5.41) is 3.36. The molecule has 1 aromatic rings. The van der Waals surface area contributed by atoms with Gasteiger partial charge in [0.1, 0.15) is 5.82 Å². The van der Waals surface area contributed by atoms with Gasteiger partial charge in [0.05, 0.1) is 0 Å². The first kappa shape index (κ1) is 12.0. The van der Waals surface area contributed by atoms with E-state index in [1.165, 1.54) is 44.5 Å². The monoisotopic (exact) mass is 248 g/mol. The van der Waals surface area contributed by atoms with Crippen LogP contribution < -0.4 is 5.32 Å². The molecule has 1 aliphatic carbocycles. The standard InChI is InChI=1S/C15H21FN2/c16-14-4-6-15(7-5-14)17-8-9-18-10-12-2-1-3-13(12)11-18/h4-7,12-13,17H,1-3,8-11H2. The van der Waals surface area contributed by atoms with Crippen LogP contribution in [0.2, 0.25) is 0 Å². The van der Waals surface area contributed by atoms with E-state index < -0.39 is 0 Å². The second-order valence-electron chi connectivity index (χ2n) is 5.64. The van der Waals surface area contributed by atoms with E-state index in [1.54, 1.807) is 12.1 Å². The van der Waals surface area contributed by atoms with Gasteiger partial charge in [-0.2, -0.15) is 0 Å². The van der Waals surface area contributed by atoms with Crippen molar-refractivity contribution in [1.29, 1.82) is 0 Å². The number of hydrogen-bond donors (Lipinski definition) is 1. The Kier molecular flexibility index (Phi) is 3.50. The smallest absolute Gasteiger partial charge is 0.123 e. The maximum atomic E-state index is 12.7. The Labute approximate surface area is 108 Å². The largest absolute Gasteiger partial charge is 0.384 e. The van der Waals surface area contributed by atoms with Gasteiger partial charge in [-0.1, -0.05) is 6.42 Å². The fourth-order valence-electron chi connectivity index (χ4n) is 3.44. The van der Waals surface area contributed by atoms with Crippen molar-refractivity contribution in [1.82, 2.24) is 4.90 Å². The van der Waals surface area contributed by atoms with E-state index in [4.69, 9.17) is 0 Å². The van der Waals surface area contributed by atoms with Gasteiger partial charge < -0.3 is 10.2 Å². The molecule has 1 heterocycles. The maximum absolute atomic E-state index is 12.7. The average molecular weight is 248 g/mol. The molecule has 2 atom stereocenters. The Bertz CT molecular complexity index is 378. The molecule has 3 rings (SSSR count). The molecule has 1 N–H and O–H groups in total. The van der Waals surface area contributed by atoms with Crippen LogP contribution in [0.25, 0.3) is 0 Å². The lowest BCUT2D eigenvalue weighted by Gasteiger charge is -2.17. The number of fused-ring (bicyclic) bond motifs is 1. The van der Waals surface area contributed by atoms with Crippen LogP contribution in [0.1, 0.15) is 19.3 Å². The molecule has 2 aliphatic rings. The number of benzene rings is 1. The van der Waals surface area contributed by atoms with Gasteiger partial charge >= 0.3 is 0 Å². The third-order valence-corrected chi connectivity index (χ3v) is 4.40. The van der Waals surface area contributed by atoms with Crippen LogP contribution >= 0.6 is 0 Å². The number of nitrogens with zero attached hydrogens (tertiary/aromatic N) is 1. The van der Waals surface area contributed by atoms with E-state index in [9.17, 15) is 4.39 Å². The zero-order valence-corrected chi connectivity index (χ0v) is 10.7. The van der Waals surface area contributed by atoms with Crippen LogP contribution in [0.5, 0.6) is 0 Å². The summed E-state index contributed by atoms with van der Waals surface area (Å²) in [6.07, 6.45) is 4.32. The van der Waals surface area contributed by atoms with Gasteiger partial charge in [-0.25, -0.2) is 4.39 Å². The lowest BCUT2D eigenvalue weighted by Crippen LogP contribution is -2.27. The fourth-order valence-corrected chi connectivity index (χ4v) is 3.44. The van der Waals surface area contributed by atoms with E-state index in [1.807, 2.05) is 0 Å². The third kappa shape index (κ3) is 2.66. The highest BCUT2D eigenvalue weighted by Gasteiger charge is 2.35. The number of likely N-dealkylation sites (tertiary alicyclic amines) is 1. The predicted molar refractivity (Wildman–Crippen MR) is 72.2 cm³/mol. The van der Waals surface area contributed by atoms with Gasteiger partial charge in [-0.3, -0.25) is 0 Å². The second-order valence-corrected chi connectivity index (χ2v) is 5.64. The lowest BCUT2D eigenvalue weighted by molar-refractivity contribution is 0.323. The quantitative estimate of drug-likeness (QED) is 0.881. The zero-order chi connectivity index (χ0) is 12.4. The molecule has 0 amide bonds. The molecule has 1 aliphatic heterocycles. The van der Waals surface area contributed by atoms with Crippen molar-refractivity contribution < 1.29 is 4.39 Å². The van der Waals surface area contributed by atoms with Crippen LogP contribution in [0.4, 0.5) is 10.1 Å². The lowest BCUT2D eigenvalue weighted by atomic mass is 10.0. The van der Waals surface area contributed by atoms with Gasteiger partial charge in [0.2, 0.25) is 0 Å². The minimum absolute atomic E-state index is 0.173. The highest BCUT2D eigenvalue weighted by atomic mass is 19.1. The summed E-state index contributed by atoms with van der Waals surface area (Å²) < 4.78 is 12.7. The van der Waals surface area contributed by atoms with Gasteiger partial charge in [0.15, 0.2) is 0 Å².